The van der Waals surface area contributed by atoms with Crippen LogP contribution in [0.1, 0.15) is 67.5 Å². The van der Waals surface area contributed by atoms with Crippen molar-refractivity contribution < 1.29 is 14.3 Å². The van der Waals surface area contributed by atoms with E-state index in [9.17, 15) is 4.79 Å². The Labute approximate surface area is 210 Å². The summed E-state index contributed by atoms with van der Waals surface area (Å²) in [6.45, 7) is 1.96. The quantitative estimate of drug-likeness (QED) is 0.398. The molecule has 3 aromatic rings. The molecule has 2 aliphatic rings. The lowest BCUT2D eigenvalue weighted by atomic mass is 9.69. The van der Waals surface area contributed by atoms with Gasteiger partial charge in [0.15, 0.2) is 11.5 Å². The number of ether oxygens (including phenoxy) is 2. The third-order valence-electron chi connectivity index (χ3n) is 7.05. The molecule has 2 aliphatic carbocycles. The zero-order valence-corrected chi connectivity index (χ0v) is 21.1. The normalized spacial score (nSPS) is 17.6. The van der Waals surface area contributed by atoms with Gasteiger partial charge in [0, 0.05) is 24.0 Å². The topological polar surface area (TPSA) is 61.3 Å². The molecule has 180 valence electrons. The Morgan fingerprint density at radius 2 is 1.83 bits per heavy atom. The Morgan fingerprint density at radius 3 is 2.54 bits per heavy atom. The molecule has 35 heavy (non-hydrogen) atoms. The minimum absolute atomic E-state index is 0.237. The van der Waals surface area contributed by atoms with Gasteiger partial charge in [0.1, 0.15) is 15.8 Å². The summed E-state index contributed by atoms with van der Waals surface area (Å²) in [7, 11) is 1.68. The van der Waals surface area contributed by atoms with Gasteiger partial charge in [-0.2, -0.15) is 0 Å². The smallest absolute Gasteiger partial charge is 0.161 e. The Balaban J connectivity index is 1.50. The fourth-order valence-electron chi connectivity index (χ4n) is 5.03. The van der Waals surface area contributed by atoms with Gasteiger partial charge in [-0.15, -0.1) is 10.2 Å². The fraction of sp³-hybridized carbons (Fsp3) is 0.414. The second kappa shape index (κ2) is 10.2. The van der Waals surface area contributed by atoms with Gasteiger partial charge in [-0.25, -0.2) is 0 Å². The number of aromatic nitrogens is 2. The second-order valence-corrected chi connectivity index (χ2v) is 10.6. The van der Waals surface area contributed by atoms with Crippen LogP contribution in [0.5, 0.6) is 11.5 Å². The van der Waals surface area contributed by atoms with Gasteiger partial charge in [-0.05, 0) is 75.3 Å². The number of rotatable bonds is 5. The lowest BCUT2D eigenvalue weighted by molar-refractivity contribution is -0.120. The molecular formula is C29H30N2O3S. The van der Waals surface area contributed by atoms with Gasteiger partial charge < -0.3 is 9.47 Å². The summed E-state index contributed by atoms with van der Waals surface area (Å²) in [5, 5.41) is 10.2. The van der Waals surface area contributed by atoms with E-state index in [1.807, 2.05) is 31.2 Å². The van der Waals surface area contributed by atoms with E-state index in [0.717, 1.165) is 51.0 Å². The molecule has 0 saturated heterocycles. The molecule has 0 aliphatic heterocycles. The Hall–Kier alpha value is -3.17. The first-order valence-electron chi connectivity index (χ1n) is 12.4. The highest BCUT2D eigenvalue weighted by molar-refractivity contribution is 7.14. The van der Waals surface area contributed by atoms with Gasteiger partial charge in [0.2, 0.25) is 0 Å². The highest BCUT2D eigenvalue weighted by Crippen LogP contribution is 2.42. The van der Waals surface area contributed by atoms with Gasteiger partial charge in [0.05, 0.1) is 18.6 Å². The lowest BCUT2D eigenvalue weighted by Crippen LogP contribution is -2.30. The van der Waals surface area contributed by atoms with E-state index in [1.165, 1.54) is 12.8 Å². The third kappa shape index (κ3) is 5.26. The van der Waals surface area contributed by atoms with Crippen LogP contribution < -0.4 is 9.47 Å². The predicted molar refractivity (Wildman–Crippen MR) is 138 cm³/mol. The van der Waals surface area contributed by atoms with E-state index in [-0.39, 0.29) is 6.10 Å². The largest absolute Gasteiger partial charge is 0.493 e. The first-order valence-corrected chi connectivity index (χ1v) is 13.2. The monoisotopic (exact) mass is 486 g/mol. The molecule has 0 amide bonds. The van der Waals surface area contributed by atoms with Crippen LogP contribution in [0.2, 0.25) is 0 Å². The number of hydrogen-bond acceptors (Lipinski definition) is 6. The van der Waals surface area contributed by atoms with Crippen LogP contribution in [-0.4, -0.2) is 29.2 Å². The summed E-state index contributed by atoms with van der Waals surface area (Å²) in [6.07, 6.45) is 7.33. The number of ketones is 1. The van der Waals surface area contributed by atoms with E-state index in [1.54, 1.807) is 18.4 Å². The molecule has 1 aromatic heterocycles. The number of benzene rings is 2. The van der Waals surface area contributed by atoms with Crippen LogP contribution in [0.25, 0.3) is 10.6 Å². The highest BCUT2D eigenvalue weighted by atomic mass is 32.1. The molecule has 0 N–H and O–H groups in total. The number of hydrogen-bond donors (Lipinski definition) is 0. The summed E-state index contributed by atoms with van der Waals surface area (Å²) in [6, 6.07) is 14.3. The molecule has 2 fully saturated rings. The molecule has 5 rings (SSSR count). The van der Waals surface area contributed by atoms with Crippen LogP contribution in [0.15, 0.2) is 42.5 Å². The first-order chi connectivity index (χ1) is 17.0. The number of aryl methyl sites for hydroxylation is 1. The zero-order valence-electron chi connectivity index (χ0n) is 20.3. The predicted octanol–water partition coefficient (Wildman–Crippen LogP) is 6.28. The molecule has 6 heteroatoms. The third-order valence-corrected chi connectivity index (χ3v) is 7.94. The van der Waals surface area contributed by atoms with Crippen molar-refractivity contribution in [1.82, 2.24) is 10.2 Å². The average molecular weight is 487 g/mol. The van der Waals surface area contributed by atoms with E-state index < -0.39 is 5.41 Å². The molecule has 2 saturated carbocycles. The molecule has 2 aromatic carbocycles. The summed E-state index contributed by atoms with van der Waals surface area (Å²) in [5.41, 5.74) is 2.65. The van der Waals surface area contributed by atoms with Crippen LogP contribution in [0.4, 0.5) is 0 Å². The Morgan fingerprint density at radius 1 is 1.03 bits per heavy atom. The zero-order chi connectivity index (χ0) is 24.3. The van der Waals surface area contributed by atoms with Gasteiger partial charge in [-0.1, -0.05) is 41.4 Å². The maximum Gasteiger partial charge on any atom is 0.161 e. The van der Waals surface area contributed by atoms with Crippen molar-refractivity contribution in [1.29, 1.82) is 0 Å². The van der Waals surface area contributed by atoms with Crippen molar-refractivity contribution in [2.24, 2.45) is 0 Å². The van der Waals surface area contributed by atoms with Crippen molar-refractivity contribution in [2.45, 2.75) is 69.8 Å². The maximum atomic E-state index is 12.2. The molecular weight excluding hydrogens is 456 g/mol. The van der Waals surface area contributed by atoms with Crippen molar-refractivity contribution in [3.05, 3.63) is 58.6 Å². The molecule has 0 unspecified atom stereocenters. The van der Waals surface area contributed by atoms with Crippen LogP contribution in [0, 0.1) is 18.8 Å². The SMILES string of the molecule is COc1ccc(C2(C#Cc3cccc(-c4nnc(C)s4)c3)CCC(=O)CC2)cc1OC1CCCC1. The summed E-state index contributed by atoms with van der Waals surface area (Å²) in [4.78, 5) is 12.2. The highest BCUT2D eigenvalue weighted by Gasteiger charge is 2.36. The number of methoxy groups -OCH3 is 1. The van der Waals surface area contributed by atoms with Gasteiger partial charge >= 0.3 is 0 Å². The summed E-state index contributed by atoms with van der Waals surface area (Å²) in [5.74, 6) is 8.87. The average Bonchev–Trinajstić information content (AvgIpc) is 3.56. The molecule has 0 spiro atoms. The summed E-state index contributed by atoms with van der Waals surface area (Å²) < 4.78 is 12.0. The molecule has 1 heterocycles. The van der Waals surface area contributed by atoms with E-state index >= 15 is 0 Å². The number of carbonyl (C=O) groups excluding carboxylic acids is 1. The van der Waals surface area contributed by atoms with Crippen LogP contribution >= 0.6 is 11.3 Å². The van der Waals surface area contributed by atoms with E-state index in [2.05, 4.69) is 40.2 Å². The van der Waals surface area contributed by atoms with Crippen molar-refractivity contribution in [2.75, 3.05) is 7.11 Å². The second-order valence-electron chi connectivity index (χ2n) is 9.47. The van der Waals surface area contributed by atoms with Crippen LogP contribution in [-0.2, 0) is 10.2 Å². The maximum absolute atomic E-state index is 12.2. The van der Waals surface area contributed by atoms with Crippen molar-refractivity contribution in [3.63, 3.8) is 0 Å². The number of Topliss-reactive ketones (excluding diaryl/α,β-unsaturated/α-hetero) is 1. The minimum Gasteiger partial charge on any atom is -0.493 e. The minimum atomic E-state index is -0.400. The summed E-state index contributed by atoms with van der Waals surface area (Å²) >= 11 is 1.58. The molecule has 5 nitrogen and oxygen atoms in total. The first kappa shape index (κ1) is 23.6. The Kier molecular flexibility index (Phi) is 6.88. The molecule has 0 radical (unpaired) electrons. The number of nitrogens with zero attached hydrogens (tertiary/aromatic N) is 2. The lowest BCUT2D eigenvalue weighted by Gasteiger charge is -2.33. The van der Waals surface area contributed by atoms with E-state index in [0.29, 0.717) is 31.5 Å². The fourth-order valence-corrected chi connectivity index (χ4v) is 5.72. The van der Waals surface area contributed by atoms with Gasteiger partial charge in [-0.3, -0.25) is 4.79 Å². The molecule has 0 atom stereocenters. The van der Waals surface area contributed by atoms with Crippen LogP contribution in [0.3, 0.4) is 0 Å². The number of carbonyl (C=O) groups is 1. The van der Waals surface area contributed by atoms with Crippen molar-refractivity contribution in [3.8, 4) is 33.9 Å². The van der Waals surface area contributed by atoms with E-state index in [4.69, 9.17) is 9.47 Å². The van der Waals surface area contributed by atoms with Crippen molar-refractivity contribution >= 4 is 17.1 Å². The standard InChI is InChI=1S/C29H30N2O3S/c1-20-30-31-28(35-20)22-7-5-6-21(18-22)12-15-29(16-13-24(32)14-17-29)23-10-11-26(33-2)27(19-23)34-25-8-3-4-9-25/h5-7,10-11,18-19,25H,3-4,8-9,13-14,16-17H2,1-2H3. The van der Waals surface area contributed by atoms with Gasteiger partial charge in [0.25, 0.3) is 0 Å². The molecule has 0 bridgehead atoms. The Bertz CT molecular complexity index is 1270.